The molecule has 1 fully saturated rings. The van der Waals surface area contributed by atoms with Gasteiger partial charge in [-0.3, -0.25) is 4.79 Å². The minimum Gasteiger partial charge on any atom is -0.326 e. The molecule has 1 aliphatic rings. The average molecular weight is 448 g/mol. The first-order valence-electron chi connectivity index (χ1n) is 8.38. The Morgan fingerprint density at radius 2 is 1.70 bits per heavy atom. The van der Waals surface area contributed by atoms with E-state index >= 15 is 0 Å². The summed E-state index contributed by atoms with van der Waals surface area (Å²) in [7, 11) is -3.49. The molecular weight excluding hydrogens is 429 g/mol. The van der Waals surface area contributed by atoms with Gasteiger partial charge in [0, 0.05) is 49.9 Å². The molecular formula is C17H19Cl2N3O3S2. The van der Waals surface area contributed by atoms with Crippen LogP contribution in [0.25, 0.3) is 0 Å². The van der Waals surface area contributed by atoms with E-state index in [-0.39, 0.29) is 10.1 Å². The number of anilines is 1. The number of benzene rings is 1. The number of thiophene rings is 1. The number of halogens is 2. The summed E-state index contributed by atoms with van der Waals surface area (Å²) in [5, 5.41) is 3.44. The fourth-order valence-corrected chi connectivity index (χ4v) is 5.96. The molecule has 1 aromatic heterocycles. The van der Waals surface area contributed by atoms with E-state index < -0.39 is 10.0 Å². The normalized spacial score (nSPS) is 16.4. The monoisotopic (exact) mass is 447 g/mol. The third kappa shape index (κ3) is 5.43. The lowest BCUT2D eigenvalue weighted by Crippen LogP contribution is -2.48. The van der Waals surface area contributed by atoms with E-state index in [2.05, 4.69) is 10.2 Å². The van der Waals surface area contributed by atoms with Crippen LogP contribution in [0.4, 0.5) is 5.69 Å². The van der Waals surface area contributed by atoms with E-state index in [0.717, 1.165) is 11.3 Å². The van der Waals surface area contributed by atoms with Gasteiger partial charge in [0.05, 0.1) is 4.34 Å². The minimum atomic E-state index is -3.49. The van der Waals surface area contributed by atoms with Crippen molar-refractivity contribution in [2.24, 2.45) is 0 Å². The van der Waals surface area contributed by atoms with Gasteiger partial charge in [0.15, 0.2) is 0 Å². The molecule has 146 valence electrons. The van der Waals surface area contributed by atoms with Gasteiger partial charge in [0.2, 0.25) is 5.91 Å². The molecule has 0 atom stereocenters. The summed E-state index contributed by atoms with van der Waals surface area (Å²) >= 11 is 12.7. The Balaban J connectivity index is 1.45. The van der Waals surface area contributed by atoms with Gasteiger partial charge >= 0.3 is 0 Å². The van der Waals surface area contributed by atoms with Gasteiger partial charge in [-0.15, -0.1) is 11.3 Å². The Hall–Kier alpha value is -1.16. The number of carbonyl (C=O) groups excluding carboxylic acids is 1. The quantitative estimate of drug-likeness (QED) is 0.736. The van der Waals surface area contributed by atoms with E-state index in [4.69, 9.17) is 23.2 Å². The second-order valence-electron chi connectivity index (χ2n) is 6.11. The van der Waals surface area contributed by atoms with Crippen molar-refractivity contribution in [3.8, 4) is 0 Å². The van der Waals surface area contributed by atoms with Gasteiger partial charge in [-0.05, 0) is 36.4 Å². The molecule has 0 saturated carbocycles. The molecule has 1 aliphatic heterocycles. The van der Waals surface area contributed by atoms with E-state index in [1.54, 1.807) is 30.3 Å². The highest BCUT2D eigenvalue weighted by atomic mass is 35.5. The molecule has 6 nitrogen and oxygen atoms in total. The van der Waals surface area contributed by atoms with Crippen molar-refractivity contribution in [3.63, 3.8) is 0 Å². The highest BCUT2D eigenvalue weighted by molar-refractivity contribution is 7.91. The second kappa shape index (κ2) is 8.89. The molecule has 1 amide bonds. The Bertz CT molecular complexity index is 892. The molecule has 1 saturated heterocycles. The predicted molar refractivity (Wildman–Crippen MR) is 109 cm³/mol. The SMILES string of the molecule is O=C(CCN1CCN(S(=O)(=O)c2ccc(Cl)s2)CC1)Nc1ccc(Cl)cc1. The number of rotatable bonds is 6. The summed E-state index contributed by atoms with van der Waals surface area (Å²) in [5.41, 5.74) is 0.704. The number of nitrogens with one attached hydrogen (secondary N) is 1. The van der Waals surface area contributed by atoms with Crippen molar-refractivity contribution in [1.82, 2.24) is 9.21 Å². The maximum Gasteiger partial charge on any atom is 0.252 e. The lowest BCUT2D eigenvalue weighted by Gasteiger charge is -2.33. The van der Waals surface area contributed by atoms with Crippen LogP contribution in [-0.4, -0.2) is 56.3 Å². The highest BCUT2D eigenvalue weighted by Crippen LogP contribution is 2.28. The van der Waals surface area contributed by atoms with E-state index in [1.807, 2.05) is 0 Å². The molecule has 27 heavy (non-hydrogen) atoms. The number of piperazine rings is 1. The van der Waals surface area contributed by atoms with Crippen molar-refractivity contribution in [2.75, 3.05) is 38.0 Å². The van der Waals surface area contributed by atoms with Crippen molar-refractivity contribution >= 4 is 56.2 Å². The fraction of sp³-hybridized carbons (Fsp3) is 0.353. The molecule has 2 heterocycles. The first kappa shape index (κ1) is 20.6. The van der Waals surface area contributed by atoms with Crippen molar-refractivity contribution in [3.05, 3.63) is 45.8 Å². The molecule has 0 unspecified atom stereocenters. The van der Waals surface area contributed by atoms with Crippen LogP contribution >= 0.6 is 34.5 Å². The Morgan fingerprint density at radius 3 is 2.30 bits per heavy atom. The summed E-state index contributed by atoms with van der Waals surface area (Å²) in [6, 6.07) is 10.1. The molecule has 2 aromatic rings. The Kier molecular flexibility index (Phi) is 6.78. The summed E-state index contributed by atoms with van der Waals surface area (Å²) in [4.78, 5) is 14.2. The Labute approximate surface area is 172 Å². The summed E-state index contributed by atoms with van der Waals surface area (Å²) in [6.45, 7) is 2.56. The van der Waals surface area contributed by atoms with Crippen LogP contribution in [-0.2, 0) is 14.8 Å². The van der Waals surface area contributed by atoms with E-state index in [0.29, 0.717) is 54.2 Å². The highest BCUT2D eigenvalue weighted by Gasteiger charge is 2.29. The van der Waals surface area contributed by atoms with E-state index in [1.165, 1.54) is 10.4 Å². The van der Waals surface area contributed by atoms with Gasteiger partial charge in [0.25, 0.3) is 10.0 Å². The van der Waals surface area contributed by atoms with Crippen molar-refractivity contribution in [1.29, 1.82) is 0 Å². The number of sulfonamides is 1. The molecule has 0 aliphatic carbocycles. The maximum atomic E-state index is 12.6. The van der Waals surface area contributed by atoms with Crippen molar-refractivity contribution < 1.29 is 13.2 Å². The number of carbonyl (C=O) groups is 1. The van der Waals surface area contributed by atoms with Gasteiger partial charge < -0.3 is 10.2 Å². The van der Waals surface area contributed by atoms with Crippen LogP contribution < -0.4 is 5.32 Å². The fourth-order valence-electron chi connectivity index (χ4n) is 2.77. The number of nitrogens with zero attached hydrogens (tertiary/aromatic N) is 2. The first-order chi connectivity index (χ1) is 12.8. The van der Waals surface area contributed by atoms with Gasteiger partial charge in [-0.1, -0.05) is 23.2 Å². The van der Waals surface area contributed by atoms with Crippen LogP contribution in [0.1, 0.15) is 6.42 Å². The minimum absolute atomic E-state index is 0.0828. The largest absolute Gasteiger partial charge is 0.326 e. The third-order valence-corrected chi connectivity index (χ3v) is 8.11. The number of amides is 1. The van der Waals surface area contributed by atoms with Crippen LogP contribution in [0.2, 0.25) is 9.36 Å². The smallest absolute Gasteiger partial charge is 0.252 e. The molecule has 10 heteroatoms. The van der Waals surface area contributed by atoms with Crippen LogP contribution in [0.3, 0.4) is 0 Å². The predicted octanol–water partition coefficient (Wildman–Crippen LogP) is 3.39. The zero-order valence-electron chi connectivity index (χ0n) is 14.4. The lowest BCUT2D eigenvalue weighted by molar-refractivity contribution is -0.116. The summed E-state index contributed by atoms with van der Waals surface area (Å²) in [5.74, 6) is -0.0828. The van der Waals surface area contributed by atoms with Gasteiger partial charge in [0.1, 0.15) is 4.21 Å². The molecule has 0 radical (unpaired) electrons. The maximum absolute atomic E-state index is 12.6. The number of hydrogen-bond acceptors (Lipinski definition) is 5. The molecule has 0 spiro atoms. The van der Waals surface area contributed by atoms with Gasteiger partial charge in [-0.25, -0.2) is 8.42 Å². The van der Waals surface area contributed by atoms with Gasteiger partial charge in [-0.2, -0.15) is 4.31 Å². The van der Waals surface area contributed by atoms with E-state index in [9.17, 15) is 13.2 Å². The molecule has 0 bridgehead atoms. The average Bonchev–Trinajstić information content (AvgIpc) is 3.09. The summed E-state index contributed by atoms with van der Waals surface area (Å²) in [6.07, 6.45) is 0.343. The molecule has 3 rings (SSSR count). The topological polar surface area (TPSA) is 69.7 Å². The van der Waals surface area contributed by atoms with Crippen LogP contribution in [0, 0.1) is 0 Å². The molecule has 1 N–H and O–H groups in total. The zero-order valence-corrected chi connectivity index (χ0v) is 17.5. The van der Waals surface area contributed by atoms with Crippen LogP contribution in [0.5, 0.6) is 0 Å². The Morgan fingerprint density at radius 1 is 1.04 bits per heavy atom. The third-order valence-electron chi connectivity index (χ3n) is 4.26. The second-order valence-corrected chi connectivity index (χ2v) is 10.4. The van der Waals surface area contributed by atoms with Crippen LogP contribution in [0.15, 0.2) is 40.6 Å². The zero-order chi connectivity index (χ0) is 19.4. The summed E-state index contributed by atoms with van der Waals surface area (Å²) < 4.78 is 27.4. The van der Waals surface area contributed by atoms with Crippen molar-refractivity contribution in [2.45, 2.75) is 10.6 Å². The first-order valence-corrected chi connectivity index (χ1v) is 11.4. The number of hydrogen-bond donors (Lipinski definition) is 1. The lowest BCUT2D eigenvalue weighted by atomic mass is 10.3. The standard InChI is InChI=1S/C17H19Cl2N3O3S2/c18-13-1-3-14(4-2-13)20-16(23)7-8-21-9-11-22(12-10-21)27(24,25)17-6-5-15(19)26-17/h1-6H,7-12H2,(H,20,23). The molecule has 1 aromatic carbocycles.